The molecule has 1 heterocycles. The Labute approximate surface area is 134 Å². The molecule has 0 saturated carbocycles. The molecule has 0 spiro atoms. The van der Waals surface area contributed by atoms with Gasteiger partial charge in [-0.2, -0.15) is 0 Å². The van der Waals surface area contributed by atoms with Crippen molar-refractivity contribution >= 4 is 34.2 Å². The number of amides is 1. The fourth-order valence-electron chi connectivity index (χ4n) is 2.41. The summed E-state index contributed by atoms with van der Waals surface area (Å²) >= 11 is 2.32. The molecule has 0 radical (unpaired) electrons. The van der Waals surface area contributed by atoms with Crippen LogP contribution in [0.3, 0.4) is 0 Å². The summed E-state index contributed by atoms with van der Waals surface area (Å²) in [4.78, 5) is 14.2. The third-order valence-corrected chi connectivity index (χ3v) is 3.99. The molecule has 0 fully saturated rings. The van der Waals surface area contributed by atoms with Gasteiger partial charge in [0.05, 0.1) is 12.2 Å². The highest BCUT2D eigenvalue weighted by Gasteiger charge is 2.22. The summed E-state index contributed by atoms with van der Waals surface area (Å²) in [5.41, 5.74) is 2.17. The number of fused-ring (bicyclic) bond motifs is 1. The van der Waals surface area contributed by atoms with E-state index in [1.807, 2.05) is 25.7 Å². The van der Waals surface area contributed by atoms with E-state index in [1.165, 1.54) is 9.13 Å². The van der Waals surface area contributed by atoms with E-state index in [-0.39, 0.29) is 11.5 Å². The SMILES string of the molecule is CC(C)(C)OCCN1C(=O)CCCc2cc(I)ccc21. The molecule has 0 aromatic heterocycles. The molecule has 1 aromatic carbocycles. The standard InChI is InChI=1S/C16H22INO2/c1-16(2,3)20-10-9-18-14-8-7-13(17)11-12(14)5-4-6-15(18)19/h7-8,11H,4-6,9-10H2,1-3H3. The number of hydrogen-bond donors (Lipinski definition) is 0. The van der Waals surface area contributed by atoms with Crippen LogP contribution in [0.25, 0.3) is 0 Å². The lowest BCUT2D eigenvalue weighted by atomic mass is 10.1. The Hall–Kier alpha value is -0.620. The van der Waals surface area contributed by atoms with Gasteiger partial charge in [0.15, 0.2) is 0 Å². The third kappa shape index (κ3) is 4.19. The first-order valence-electron chi connectivity index (χ1n) is 7.09. The second-order valence-corrected chi connectivity index (χ2v) is 7.38. The Bertz CT molecular complexity index is 494. The van der Waals surface area contributed by atoms with Crippen molar-refractivity contribution in [2.24, 2.45) is 0 Å². The number of ether oxygens (including phenoxy) is 1. The topological polar surface area (TPSA) is 29.5 Å². The first kappa shape index (κ1) is 15.8. The summed E-state index contributed by atoms with van der Waals surface area (Å²) in [5, 5.41) is 0. The van der Waals surface area contributed by atoms with Crippen molar-refractivity contribution in [1.82, 2.24) is 0 Å². The second kappa shape index (κ2) is 6.43. The number of benzene rings is 1. The molecule has 20 heavy (non-hydrogen) atoms. The van der Waals surface area contributed by atoms with Crippen molar-refractivity contribution in [1.29, 1.82) is 0 Å². The van der Waals surface area contributed by atoms with Crippen molar-refractivity contribution < 1.29 is 9.53 Å². The van der Waals surface area contributed by atoms with Gasteiger partial charge in [0.25, 0.3) is 0 Å². The van der Waals surface area contributed by atoms with E-state index < -0.39 is 0 Å². The number of aryl methyl sites for hydroxylation is 1. The van der Waals surface area contributed by atoms with Crippen LogP contribution >= 0.6 is 22.6 Å². The van der Waals surface area contributed by atoms with E-state index in [1.54, 1.807) is 0 Å². The largest absolute Gasteiger partial charge is 0.374 e. The van der Waals surface area contributed by atoms with Crippen molar-refractivity contribution in [3.8, 4) is 0 Å². The van der Waals surface area contributed by atoms with Crippen LogP contribution < -0.4 is 4.90 Å². The molecule has 3 nitrogen and oxygen atoms in total. The van der Waals surface area contributed by atoms with Gasteiger partial charge >= 0.3 is 0 Å². The smallest absolute Gasteiger partial charge is 0.227 e. The van der Waals surface area contributed by atoms with Crippen molar-refractivity contribution in [3.05, 3.63) is 27.3 Å². The first-order chi connectivity index (χ1) is 9.37. The summed E-state index contributed by atoms with van der Waals surface area (Å²) in [6.07, 6.45) is 2.54. The van der Waals surface area contributed by atoms with Crippen LogP contribution in [-0.2, 0) is 16.0 Å². The van der Waals surface area contributed by atoms with E-state index in [2.05, 4.69) is 40.8 Å². The summed E-state index contributed by atoms with van der Waals surface area (Å²) in [5.74, 6) is 0.211. The van der Waals surface area contributed by atoms with Gasteiger partial charge in [-0.25, -0.2) is 0 Å². The predicted octanol–water partition coefficient (Wildman–Crippen LogP) is 3.78. The Morgan fingerprint density at radius 3 is 2.75 bits per heavy atom. The van der Waals surface area contributed by atoms with Crippen LogP contribution in [0.1, 0.15) is 39.2 Å². The predicted molar refractivity (Wildman–Crippen MR) is 90.2 cm³/mol. The van der Waals surface area contributed by atoms with Gasteiger partial charge in [0.2, 0.25) is 5.91 Å². The lowest BCUT2D eigenvalue weighted by Crippen LogP contribution is -2.35. The van der Waals surface area contributed by atoms with E-state index in [0.717, 1.165) is 18.5 Å². The maximum absolute atomic E-state index is 12.3. The van der Waals surface area contributed by atoms with Crippen LogP contribution in [0, 0.1) is 3.57 Å². The van der Waals surface area contributed by atoms with Gasteiger partial charge in [-0.05, 0) is 80.0 Å². The van der Waals surface area contributed by atoms with Crippen molar-refractivity contribution in [2.75, 3.05) is 18.1 Å². The molecule has 110 valence electrons. The Morgan fingerprint density at radius 2 is 2.05 bits per heavy atom. The lowest BCUT2D eigenvalue weighted by Gasteiger charge is -2.26. The highest BCUT2D eigenvalue weighted by Crippen LogP contribution is 2.28. The Balaban J connectivity index is 2.16. The lowest BCUT2D eigenvalue weighted by molar-refractivity contribution is -0.119. The minimum absolute atomic E-state index is 0.163. The normalized spacial score (nSPS) is 16.0. The van der Waals surface area contributed by atoms with Gasteiger partial charge < -0.3 is 9.64 Å². The molecule has 1 aliphatic heterocycles. The molecule has 1 aliphatic rings. The summed E-state index contributed by atoms with van der Waals surface area (Å²) < 4.78 is 6.99. The molecular formula is C16H22INO2. The zero-order valence-electron chi connectivity index (χ0n) is 12.4. The van der Waals surface area contributed by atoms with Gasteiger partial charge in [-0.3, -0.25) is 4.79 Å². The van der Waals surface area contributed by atoms with Gasteiger partial charge in [-0.1, -0.05) is 0 Å². The first-order valence-corrected chi connectivity index (χ1v) is 8.17. The molecule has 0 bridgehead atoms. The van der Waals surface area contributed by atoms with Gasteiger partial charge in [0, 0.05) is 22.2 Å². The fourth-order valence-corrected chi connectivity index (χ4v) is 2.96. The van der Waals surface area contributed by atoms with Gasteiger partial charge in [-0.15, -0.1) is 0 Å². The Kier molecular flexibility index (Phi) is 5.07. The number of halogens is 1. The van der Waals surface area contributed by atoms with E-state index in [4.69, 9.17) is 4.74 Å². The summed E-state index contributed by atoms with van der Waals surface area (Å²) in [6, 6.07) is 6.32. The molecule has 0 atom stereocenters. The number of anilines is 1. The maximum Gasteiger partial charge on any atom is 0.227 e. The van der Waals surface area contributed by atoms with Crippen LogP contribution in [0.5, 0.6) is 0 Å². The molecule has 4 heteroatoms. The van der Waals surface area contributed by atoms with Crippen LogP contribution in [0.4, 0.5) is 5.69 Å². The monoisotopic (exact) mass is 387 g/mol. The highest BCUT2D eigenvalue weighted by atomic mass is 127. The van der Waals surface area contributed by atoms with Crippen LogP contribution in [0.2, 0.25) is 0 Å². The van der Waals surface area contributed by atoms with Crippen molar-refractivity contribution in [3.63, 3.8) is 0 Å². The second-order valence-electron chi connectivity index (χ2n) is 6.13. The fraction of sp³-hybridized carbons (Fsp3) is 0.562. The minimum Gasteiger partial charge on any atom is -0.374 e. The average molecular weight is 387 g/mol. The molecular weight excluding hydrogens is 365 g/mol. The number of rotatable bonds is 3. The van der Waals surface area contributed by atoms with Crippen LogP contribution in [0.15, 0.2) is 18.2 Å². The summed E-state index contributed by atoms with van der Waals surface area (Å²) in [6.45, 7) is 7.30. The zero-order valence-corrected chi connectivity index (χ0v) is 14.6. The molecule has 0 saturated heterocycles. The number of hydrogen-bond acceptors (Lipinski definition) is 2. The molecule has 0 unspecified atom stereocenters. The minimum atomic E-state index is -0.163. The molecule has 0 aliphatic carbocycles. The molecule has 0 N–H and O–H groups in total. The highest BCUT2D eigenvalue weighted by molar-refractivity contribution is 14.1. The molecule has 1 amide bonds. The average Bonchev–Trinajstić information content (AvgIpc) is 2.48. The molecule has 1 aromatic rings. The van der Waals surface area contributed by atoms with E-state index in [9.17, 15) is 4.79 Å². The zero-order chi connectivity index (χ0) is 14.8. The van der Waals surface area contributed by atoms with E-state index in [0.29, 0.717) is 19.6 Å². The number of carbonyl (C=O) groups excluding carboxylic acids is 1. The Morgan fingerprint density at radius 1 is 1.30 bits per heavy atom. The maximum atomic E-state index is 12.3. The number of nitrogens with zero attached hydrogens (tertiary/aromatic N) is 1. The molecule has 2 rings (SSSR count). The number of carbonyl (C=O) groups is 1. The third-order valence-electron chi connectivity index (χ3n) is 3.32. The quantitative estimate of drug-likeness (QED) is 0.739. The summed E-state index contributed by atoms with van der Waals surface area (Å²) in [7, 11) is 0. The van der Waals surface area contributed by atoms with Crippen LogP contribution in [-0.4, -0.2) is 24.7 Å². The van der Waals surface area contributed by atoms with Gasteiger partial charge in [0.1, 0.15) is 0 Å². The van der Waals surface area contributed by atoms with Crippen molar-refractivity contribution in [2.45, 2.75) is 45.6 Å². The van der Waals surface area contributed by atoms with E-state index >= 15 is 0 Å².